The Morgan fingerprint density at radius 3 is 2.58 bits per heavy atom. The minimum Gasteiger partial charge on any atom is -0.361 e. The normalized spacial score (nSPS) is 38.0. The molecule has 1 aliphatic rings. The van der Waals surface area contributed by atoms with Crippen molar-refractivity contribution in [3.8, 4) is 0 Å². The van der Waals surface area contributed by atoms with Crippen LogP contribution in [0.25, 0.3) is 0 Å². The lowest BCUT2D eigenvalue weighted by Gasteiger charge is -2.24. The maximum atomic E-state index is 13.2. The van der Waals surface area contributed by atoms with Crippen molar-refractivity contribution < 1.29 is 9.50 Å². The van der Waals surface area contributed by atoms with E-state index < -0.39 is 5.85 Å². The van der Waals surface area contributed by atoms with Gasteiger partial charge in [-0.1, -0.05) is 20.8 Å². The first-order valence-electron chi connectivity index (χ1n) is 4.61. The molecule has 1 aliphatic heterocycles. The van der Waals surface area contributed by atoms with Crippen LogP contribution in [0.2, 0.25) is 0 Å². The zero-order chi connectivity index (χ0) is 9.35. The van der Waals surface area contributed by atoms with Crippen LogP contribution in [0, 0.1) is 5.92 Å². The third kappa shape index (κ3) is 1.96. The molecule has 72 valence electrons. The summed E-state index contributed by atoms with van der Waals surface area (Å²) in [7, 11) is 0. The molecule has 2 unspecified atom stereocenters. The predicted molar refractivity (Wildman–Crippen MR) is 46.5 cm³/mol. The van der Waals surface area contributed by atoms with Gasteiger partial charge in [-0.2, -0.15) is 0 Å². The first-order valence-corrected chi connectivity index (χ1v) is 4.61. The van der Waals surface area contributed by atoms with E-state index in [1.165, 1.54) is 0 Å². The van der Waals surface area contributed by atoms with E-state index >= 15 is 0 Å². The van der Waals surface area contributed by atoms with Crippen LogP contribution in [0.4, 0.5) is 4.39 Å². The van der Waals surface area contributed by atoms with E-state index in [0.717, 1.165) is 6.54 Å². The third-order valence-corrected chi connectivity index (χ3v) is 2.61. The van der Waals surface area contributed by atoms with E-state index in [4.69, 9.17) is 0 Å². The summed E-state index contributed by atoms with van der Waals surface area (Å²) in [5, 5.41) is 9.21. The van der Waals surface area contributed by atoms with Crippen LogP contribution < -0.4 is 0 Å². The van der Waals surface area contributed by atoms with E-state index in [9.17, 15) is 9.50 Å². The van der Waals surface area contributed by atoms with Gasteiger partial charge in [0, 0.05) is 12.5 Å². The fourth-order valence-electron chi connectivity index (χ4n) is 1.95. The standard InChI is InChI=1S/C9H18FNO/c1-4-11-6-9(10,12)5-8(11)7(2)3/h7-8,12H,4-6H2,1-3H3. The van der Waals surface area contributed by atoms with Crippen LogP contribution >= 0.6 is 0 Å². The number of aliphatic hydroxyl groups is 1. The molecule has 3 heteroatoms. The van der Waals surface area contributed by atoms with Crippen LogP contribution in [0.15, 0.2) is 0 Å². The molecule has 1 saturated heterocycles. The van der Waals surface area contributed by atoms with Crippen molar-refractivity contribution in [3.63, 3.8) is 0 Å². The quantitative estimate of drug-likeness (QED) is 0.685. The molecular formula is C9H18FNO. The second-order valence-electron chi connectivity index (χ2n) is 4.00. The number of β-amino-alcohol motifs (C(OH)–C–C–N with tert-alkyl or cyclic N) is 1. The summed E-state index contributed by atoms with van der Waals surface area (Å²) in [6, 6.07) is 0.199. The third-order valence-electron chi connectivity index (χ3n) is 2.61. The number of hydrogen-bond donors (Lipinski definition) is 1. The summed E-state index contributed by atoms with van der Waals surface area (Å²) >= 11 is 0. The average Bonchev–Trinajstić information content (AvgIpc) is 2.25. The number of likely N-dealkylation sites (N-methyl/N-ethyl adjacent to an activating group) is 1. The average molecular weight is 175 g/mol. The Kier molecular flexibility index (Phi) is 2.74. The largest absolute Gasteiger partial charge is 0.361 e. The molecule has 12 heavy (non-hydrogen) atoms. The van der Waals surface area contributed by atoms with Gasteiger partial charge in [0.05, 0.1) is 6.54 Å². The maximum absolute atomic E-state index is 13.2. The van der Waals surface area contributed by atoms with Crippen molar-refractivity contribution in [1.29, 1.82) is 0 Å². The Morgan fingerprint density at radius 2 is 2.25 bits per heavy atom. The summed E-state index contributed by atoms with van der Waals surface area (Å²) in [6.07, 6.45) is 0.262. The molecule has 1 fully saturated rings. The number of hydrogen-bond acceptors (Lipinski definition) is 2. The maximum Gasteiger partial charge on any atom is 0.221 e. The highest BCUT2D eigenvalue weighted by molar-refractivity contribution is 4.90. The summed E-state index contributed by atoms with van der Waals surface area (Å²) in [5.41, 5.74) is 0. The van der Waals surface area contributed by atoms with Gasteiger partial charge in [0.1, 0.15) is 0 Å². The molecule has 0 amide bonds. The van der Waals surface area contributed by atoms with Gasteiger partial charge in [-0.05, 0) is 12.5 Å². The van der Waals surface area contributed by atoms with E-state index in [-0.39, 0.29) is 19.0 Å². The van der Waals surface area contributed by atoms with Gasteiger partial charge in [0.25, 0.3) is 0 Å². The van der Waals surface area contributed by atoms with Gasteiger partial charge >= 0.3 is 0 Å². The number of halogens is 1. The fourth-order valence-corrected chi connectivity index (χ4v) is 1.95. The van der Waals surface area contributed by atoms with Gasteiger partial charge in [0.2, 0.25) is 5.85 Å². The molecule has 1 heterocycles. The second-order valence-corrected chi connectivity index (χ2v) is 4.00. The number of rotatable bonds is 2. The minimum atomic E-state index is -1.95. The second kappa shape index (κ2) is 3.30. The Hall–Kier alpha value is -0.150. The molecule has 0 aromatic heterocycles. The van der Waals surface area contributed by atoms with Crippen LogP contribution in [0.3, 0.4) is 0 Å². The molecule has 0 radical (unpaired) electrons. The van der Waals surface area contributed by atoms with Crippen molar-refractivity contribution in [2.45, 2.75) is 39.1 Å². The molecule has 0 aromatic rings. The Morgan fingerprint density at radius 1 is 1.67 bits per heavy atom. The fraction of sp³-hybridized carbons (Fsp3) is 1.00. The minimum absolute atomic E-state index is 0.173. The van der Waals surface area contributed by atoms with Gasteiger partial charge in [-0.25, -0.2) is 4.39 Å². The first-order chi connectivity index (χ1) is 5.46. The molecule has 1 rings (SSSR count). The zero-order valence-electron chi connectivity index (χ0n) is 8.05. The number of alkyl halides is 1. The van der Waals surface area contributed by atoms with Crippen molar-refractivity contribution in [3.05, 3.63) is 0 Å². The van der Waals surface area contributed by atoms with Crippen LogP contribution in [-0.2, 0) is 0 Å². The smallest absolute Gasteiger partial charge is 0.221 e. The molecule has 0 saturated carbocycles. The van der Waals surface area contributed by atoms with Crippen molar-refractivity contribution in [2.24, 2.45) is 5.92 Å². The molecule has 2 nitrogen and oxygen atoms in total. The van der Waals surface area contributed by atoms with E-state index in [1.54, 1.807) is 0 Å². The Bertz CT molecular complexity index is 159. The van der Waals surface area contributed by atoms with Crippen molar-refractivity contribution in [2.75, 3.05) is 13.1 Å². The highest BCUT2D eigenvalue weighted by atomic mass is 19.2. The molecule has 0 aliphatic carbocycles. The monoisotopic (exact) mass is 175 g/mol. The summed E-state index contributed by atoms with van der Waals surface area (Å²) in [6.45, 7) is 7.11. The molecule has 1 N–H and O–H groups in total. The Balaban J connectivity index is 2.63. The van der Waals surface area contributed by atoms with Crippen molar-refractivity contribution >= 4 is 0 Å². The zero-order valence-corrected chi connectivity index (χ0v) is 8.05. The molecular weight excluding hydrogens is 157 g/mol. The van der Waals surface area contributed by atoms with Crippen LogP contribution in [-0.4, -0.2) is 35.0 Å². The lowest BCUT2D eigenvalue weighted by atomic mass is 10.0. The van der Waals surface area contributed by atoms with E-state index in [1.807, 2.05) is 11.8 Å². The highest BCUT2D eigenvalue weighted by Crippen LogP contribution is 2.31. The van der Waals surface area contributed by atoms with Crippen molar-refractivity contribution in [1.82, 2.24) is 4.90 Å². The van der Waals surface area contributed by atoms with Gasteiger partial charge in [-0.15, -0.1) is 0 Å². The summed E-state index contributed by atoms with van der Waals surface area (Å²) in [5.74, 6) is -1.54. The summed E-state index contributed by atoms with van der Waals surface area (Å²) < 4.78 is 13.2. The lowest BCUT2D eigenvalue weighted by Crippen LogP contribution is -2.33. The van der Waals surface area contributed by atoms with Crippen LogP contribution in [0.1, 0.15) is 27.2 Å². The molecule has 0 bridgehead atoms. The van der Waals surface area contributed by atoms with Gasteiger partial charge < -0.3 is 5.11 Å². The van der Waals surface area contributed by atoms with E-state index in [2.05, 4.69) is 13.8 Å². The molecule has 0 aromatic carbocycles. The predicted octanol–water partition coefficient (Wildman–Crippen LogP) is 1.39. The lowest BCUT2D eigenvalue weighted by molar-refractivity contribution is -0.0761. The number of nitrogens with zero attached hydrogens (tertiary/aromatic N) is 1. The topological polar surface area (TPSA) is 23.5 Å². The van der Waals surface area contributed by atoms with Gasteiger partial charge in [0.15, 0.2) is 0 Å². The Labute approximate surface area is 73.4 Å². The summed E-state index contributed by atoms with van der Waals surface area (Å²) in [4.78, 5) is 2.00. The van der Waals surface area contributed by atoms with Crippen LogP contribution in [0.5, 0.6) is 0 Å². The van der Waals surface area contributed by atoms with E-state index in [0.29, 0.717) is 5.92 Å². The number of likely N-dealkylation sites (tertiary alicyclic amines) is 1. The van der Waals surface area contributed by atoms with Gasteiger partial charge in [-0.3, -0.25) is 4.90 Å². The highest BCUT2D eigenvalue weighted by Gasteiger charge is 2.43. The molecule has 0 spiro atoms. The SMILES string of the molecule is CCN1CC(O)(F)CC1C(C)C. The first kappa shape index (κ1) is 9.93. The molecule has 2 atom stereocenters.